The molecule has 0 bridgehead atoms. The highest BCUT2D eigenvalue weighted by Crippen LogP contribution is 2.28. The third-order valence-corrected chi connectivity index (χ3v) is 2.97. The third-order valence-electron chi connectivity index (χ3n) is 2.48. The molecule has 0 amide bonds. The lowest BCUT2D eigenvalue weighted by molar-refractivity contribution is 0.446. The maximum atomic E-state index is 5.83. The number of benzene rings is 1. The van der Waals surface area contributed by atoms with Gasteiger partial charge in [-0.3, -0.25) is 0 Å². The van der Waals surface area contributed by atoms with E-state index >= 15 is 0 Å². The Morgan fingerprint density at radius 3 is 2.77 bits per heavy atom. The van der Waals surface area contributed by atoms with Crippen molar-refractivity contribution in [3.63, 3.8) is 0 Å². The highest BCUT2D eigenvalue weighted by Gasteiger charge is 2.17. The fraction of sp³-hybridized carbons (Fsp3) is 0.400. The van der Waals surface area contributed by atoms with Gasteiger partial charge in [0.1, 0.15) is 0 Å². The van der Waals surface area contributed by atoms with E-state index in [-0.39, 0.29) is 0 Å². The molecule has 1 fully saturated rings. The standard InChI is InChI=1S/C10H13BrN2/c11-7-4-5-9(12)10(6-7)13-8-2-1-3-8/h4-6,8,13H,1-3,12H2. The van der Waals surface area contributed by atoms with Crippen LogP contribution in [0.25, 0.3) is 0 Å². The molecule has 1 aliphatic carbocycles. The van der Waals surface area contributed by atoms with E-state index in [1.165, 1.54) is 19.3 Å². The number of hydrogen-bond donors (Lipinski definition) is 2. The molecule has 1 aliphatic rings. The van der Waals surface area contributed by atoms with Gasteiger partial charge in [-0.25, -0.2) is 0 Å². The van der Waals surface area contributed by atoms with E-state index < -0.39 is 0 Å². The first-order valence-electron chi connectivity index (χ1n) is 4.57. The normalized spacial score (nSPS) is 16.7. The first-order chi connectivity index (χ1) is 6.25. The number of rotatable bonds is 2. The summed E-state index contributed by atoms with van der Waals surface area (Å²) in [6, 6.07) is 6.55. The van der Waals surface area contributed by atoms with Crippen LogP contribution in [0.4, 0.5) is 11.4 Å². The zero-order valence-corrected chi connectivity index (χ0v) is 8.97. The first-order valence-corrected chi connectivity index (χ1v) is 5.36. The third kappa shape index (κ3) is 1.97. The van der Waals surface area contributed by atoms with Gasteiger partial charge < -0.3 is 11.1 Å². The smallest absolute Gasteiger partial charge is 0.0587 e. The molecule has 0 aliphatic heterocycles. The van der Waals surface area contributed by atoms with Gasteiger partial charge in [-0.05, 0) is 37.5 Å². The van der Waals surface area contributed by atoms with Crippen molar-refractivity contribution in [2.24, 2.45) is 0 Å². The van der Waals surface area contributed by atoms with Crippen molar-refractivity contribution in [1.29, 1.82) is 0 Å². The molecule has 3 heteroatoms. The zero-order valence-electron chi connectivity index (χ0n) is 7.39. The van der Waals surface area contributed by atoms with Crippen LogP contribution in [0.2, 0.25) is 0 Å². The van der Waals surface area contributed by atoms with Crippen molar-refractivity contribution in [3.8, 4) is 0 Å². The summed E-state index contributed by atoms with van der Waals surface area (Å²) in [7, 11) is 0. The number of hydrogen-bond acceptors (Lipinski definition) is 2. The zero-order chi connectivity index (χ0) is 9.26. The van der Waals surface area contributed by atoms with Crippen LogP contribution in [0.15, 0.2) is 22.7 Å². The summed E-state index contributed by atoms with van der Waals surface area (Å²) < 4.78 is 1.07. The maximum absolute atomic E-state index is 5.83. The molecule has 13 heavy (non-hydrogen) atoms. The summed E-state index contributed by atoms with van der Waals surface area (Å²) in [5.41, 5.74) is 7.72. The number of nitrogens with one attached hydrogen (secondary N) is 1. The van der Waals surface area contributed by atoms with Gasteiger partial charge in [0.05, 0.1) is 11.4 Å². The van der Waals surface area contributed by atoms with Crippen LogP contribution in [0.5, 0.6) is 0 Å². The van der Waals surface area contributed by atoms with Gasteiger partial charge in [-0.15, -0.1) is 0 Å². The van der Waals surface area contributed by atoms with E-state index in [9.17, 15) is 0 Å². The Hall–Kier alpha value is -0.700. The second-order valence-corrected chi connectivity index (χ2v) is 4.42. The molecule has 0 atom stereocenters. The molecule has 0 saturated heterocycles. The van der Waals surface area contributed by atoms with E-state index in [4.69, 9.17) is 5.73 Å². The second-order valence-electron chi connectivity index (χ2n) is 3.50. The molecule has 2 rings (SSSR count). The highest BCUT2D eigenvalue weighted by atomic mass is 79.9. The van der Waals surface area contributed by atoms with Crippen LogP contribution in [-0.4, -0.2) is 6.04 Å². The minimum absolute atomic E-state index is 0.636. The van der Waals surface area contributed by atoms with Crippen LogP contribution in [0.1, 0.15) is 19.3 Å². The minimum Gasteiger partial charge on any atom is -0.397 e. The molecule has 2 nitrogen and oxygen atoms in total. The van der Waals surface area contributed by atoms with Gasteiger partial charge >= 0.3 is 0 Å². The Morgan fingerprint density at radius 2 is 2.15 bits per heavy atom. The molecule has 1 aromatic carbocycles. The molecule has 70 valence electrons. The van der Waals surface area contributed by atoms with E-state index in [2.05, 4.69) is 21.2 Å². The Labute approximate surface area is 86.6 Å². The fourth-order valence-electron chi connectivity index (χ4n) is 1.43. The summed E-state index contributed by atoms with van der Waals surface area (Å²) in [5, 5.41) is 3.43. The predicted molar refractivity (Wildman–Crippen MR) is 59.8 cm³/mol. The van der Waals surface area contributed by atoms with Crippen LogP contribution in [-0.2, 0) is 0 Å². The van der Waals surface area contributed by atoms with Crippen molar-refractivity contribution < 1.29 is 0 Å². The average molecular weight is 241 g/mol. The summed E-state index contributed by atoms with van der Waals surface area (Å²) in [4.78, 5) is 0. The first kappa shape index (κ1) is 8.88. The Kier molecular flexibility index (Phi) is 2.44. The number of halogens is 1. The van der Waals surface area contributed by atoms with E-state index in [0.29, 0.717) is 6.04 Å². The lowest BCUT2D eigenvalue weighted by Gasteiger charge is -2.28. The number of anilines is 2. The molecular weight excluding hydrogens is 228 g/mol. The summed E-state index contributed by atoms with van der Waals surface area (Å²) in [6.45, 7) is 0. The van der Waals surface area contributed by atoms with Crippen molar-refractivity contribution >= 4 is 27.3 Å². The molecule has 0 spiro atoms. The molecule has 0 aromatic heterocycles. The molecule has 3 N–H and O–H groups in total. The molecule has 1 saturated carbocycles. The number of nitrogen functional groups attached to an aromatic ring is 1. The number of nitrogens with two attached hydrogens (primary N) is 1. The fourth-order valence-corrected chi connectivity index (χ4v) is 1.79. The molecule has 0 heterocycles. The van der Waals surface area contributed by atoms with Gasteiger partial charge in [-0.2, -0.15) is 0 Å². The van der Waals surface area contributed by atoms with Crippen LogP contribution >= 0.6 is 15.9 Å². The van der Waals surface area contributed by atoms with Gasteiger partial charge in [0, 0.05) is 10.5 Å². The van der Waals surface area contributed by atoms with Crippen LogP contribution in [0.3, 0.4) is 0 Å². The largest absolute Gasteiger partial charge is 0.397 e. The van der Waals surface area contributed by atoms with E-state index in [0.717, 1.165) is 15.8 Å². The summed E-state index contributed by atoms with van der Waals surface area (Å²) in [6.07, 6.45) is 3.88. The van der Waals surface area contributed by atoms with Crippen molar-refractivity contribution in [1.82, 2.24) is 0 Å². The van der Waals surface area contributed by atoms with E-state index in [1.54, 1.807) is 0 Å². The van der Waals surface area contributed by atoms with Gasteiger partial charge in [0.25, 0.3) is 0 Å². The lowest BCUT2D eigenvalue weighted by Crippen LogP contribution is -2.27. The van der Waals surface area contributed by atoms with E-state index in [1.807, 2.05) is 18.2 Å². The van der Waals surface area contributed by atoms with Crippen molar-refractivity contribution in [3.05, 3.63) is 22.7 Å². The molecule has 0 radical (unpaired) electrons. The maximum Gasteiger partial charge on any atom is 0.0587 e. The Balaban J connectivity index is 2.13. The van der Waals surface area contributed by atoms with Crippen LogP contribution in [0, 0.1) is 0 Å². The SMILES string of the molecule is Nc1ccc(Br)cc1NC1CCC1. The molecule has 0 unspecified atom stereocenters. The van der Waals surface area contributed by atoms with Gasteiger partial charge in [0.15, 0.2) is 0 Å². The highest BCUT2D eigenvalue weighted by molar-refractivity contribution is 9.10. The Morgan fingerprint density at radius 1 is 1.38 bits per heavy atom. The topological polar surface area (TPSA) is 38.0 Å². The summed E-state index contributed by atoms with van der Waals surface area (Å²) in [5.74, 6) is 0. The van der Waals surface area contributed by atoms with Crippen molar-refractivity contribution in [2.75, 3.05) is 11.1 Å². The molecular formula is C10H13BrN2. The molecule has 1 aromatic rings. The summed E-state index contributed by atoms with van der Waals surface area (Å²) >= 11 is 3.43. The lowest BCUT2D eigenvalue weighted by atomic mass is 9.93. The second kappa shape index (κ2) is 3.58. The monoisotopic (exact) mass is 240 g/mol. The Bertz CT molecular complexity index is 308. The van der Waals surface area contributed by atoms with Crippen molar-refractivity contribution in [2.45, 2.75) is 25.3 Å². The van der Waals surface area contributed by atoms with Gasteiger partial charge in [0.2, 0.25) is 0 Å². The minimum atomic E-state index is 0.636. The predicted octanol–water partition coefficient (Wildman–Crippen LogP) is 3.00. The average Bonchev–Trinajstić information content (AvgIpc) is 2.03. The van der Waals surface area contributed by atoms with Gasteiger partial charge in [-0.1, -0.05) is 15.9 Å². The van der Waals surface area contributed by atoms with Crippen LogP contribution < -0.4 is 11.1 Å². The quantitative estimate of drug-likeness (QED) is 0.781.